The number of rotatable bonds is 11. The number of nitrogens with zero attached hydrogens (tertiary/aromatic N) is 1. The second-order valence-electron chi connectivity index (χ2n) is 13.4. The van der Waals surface area contributed by atoms with Crippen molar-refractivity contribution in [2.45, 2.75) is 64.7 Å². The Balaban J connectivity index is 0.000000278. The molecule has 6 rings (SSSR count). The van der Waals surface area contributed by atoms with Crippen molar-refractivity contribution < 1.29 is 38.0 Å². The topological polar surface area (TPSA) is 175 Å². The molecule has 56 heavy (non-hydrogen) atoms. The van der Waals surface area contributed by atoms with Crippen LogP contribution in [0.25, 0.3) is 0 Å². The summed E-state index contributed by atoms with van der Waals surface area (Å²) < 4.78 is 24.9. The Hall–Kier alpha value is -4.34. The van der Waals surface area contributed by atoms with Gasteiger partial charge in [0.25, 0.3) is 5.91 Å². The second-order valence-corrected chi connectivity index (χ2v) is 15.0. The van der Waals surface area contributed by atoms with E-state index in [0.29, 0.717) is 35.9 Å². The Morgan fingerprint density at radius 2 is 1.57 bits per heavy atom. The lowest BCUT2D eigenvalue weighted by atomic mass is 9.96. The van der Waals surface area contributed by atoms with Gasteiger partial charge in [-0.1, -0.05) is 85.1 Å². The van der Waals surface area contributed by atoms with Gasteiger partial charge in [-0.25, -0.2) is 8.93 Å². The molecule has 3 aliphatic heterocycles. The van der Waals surface area contributed by atoms with Crippen LogP contribution in [0, 0.1) is 12.8 Å². The molecule has 0 aromatic heterocycles. The zero-order valence-corrected chi connectivity index (χ0v) is 34.0. The molecule has 0 radical (unpaired) electrons. The number of benzene rings is 3. The molecule has 3 aromatic carbocycles. The lowest BCUT2D eigenvalue weighted by Gasteiger charge is -2.26. The molecule has 0 bridgehead atoms. The highest BCUT2D eigenvalue weighted by Gasteiger charge is 2.34. The molecule has 0 spiro atoms. The molecule has 0 aliphatic carbocycles. The lowest BCUT2D eigenvalue weighted by molar-refractivity contribution is -0.140. The number of ether oxygens (including phenoxy) is 2. The third-order valence-electron chi connectivity index (χ3n) is 9.11. The average Bonchev–Trinajstić information content (AvgIpc) is 3.73. The number of piperidine rings is 1. The van der Waals surface area contributed by atoms with Crippen LogP contribution in [0.2, 0.25) is 5.02 Å². The predicted molar refractivity (Wildman–Crippen MR) is 219 cm³/mol. The van der Waals surface area contributed by atoms with Crippen molar-refractivity contribution >= 4 is 46.1 Å². The van der Waals surface area contributed by atoms with Gasteiger partial charge in [0.15, 0.2) is 11.5 Å². The Kier molecular flexibility index (Phi) is 21.2. The Morgan fingerprint density at radius 1 is 0.911 bits per heavy atom. The van der Waals surface area contributed by atoms with E-state index in [9.17, 15) is 23.4 Å². The van der Waals surface area contributed by atoms with E-state index >= 15 is 0 Å². The maximum atomic E-state index is 12.4. The van der Waals surface area contributed by atoms with Crippen molar-refractivity contribution in [3.8, 4) is 11.5 Å². The molecule has 13 nitrogen and oxygen atoms in total. The fourth-order valence-electron chi connectivity index (χ4n) is 5.85. The van der Waals surface area contributed by atoms with Crippen LogP contribution in [0.1, 0.15) is 50.2 Å². The van der Waals surface area contributed by atoms with E-state index in [1.54, 1.807) is 42.5 Å². The molecular formula is C41H56ClN5O8S. The third kappa shape index (κ3) is 17.2. The summed E-state index contributed by atoms with van der Waals surface area (Å²) in [5, 5.41) is 17.5. The zero-order chi connectivity index (χ0) is 40.7. The number of hydrogen-bond acceptors (Lipinski definition) is 9. The summed E-state index contributed by atoms with van der Waals surface area (Å²) in [5.74, 6) is -0.305. The molecular weight excluding hydrogens is 758 g/mol. The molecule has 3 heterocycles. The number of aliphatic hydroxyl groups excluding tert-OH is 1. The van der Waals surface area contributed by atoms with Crippen LogP contribution in [-0.4, -0.2) is 102 Å². The molecule has 2 fully saturated rings. The van der Waals surface area contributed by atoms with Gasteiger partial charge >= 0.3 is 0 Å². The van der Waals surface area contributed by atoms with Gasteiger partial charge < -0.3 is 35.4 Å². The summed E-state index contributed by atoms with van der Waals surface area (Å²) in [4.78, 5) is 50.2. The van der Waals surface area contributed by atoms with Crippen LogP contribution in [0.3, 0.4) is 0 Å². The molecule has 3 unspecified atom stereocenters. The number of hydrogen-bond donors (Lipinski definition) is 5. The van der Waals surface area contributed by atoms with E-state index in [0.717, 1.165) is 11.5 Å². The number of halogens is 1. The fourth-order valence-corrected chi connectivity index (χ4v) is 6.30. The van der Waals surface area contributed by atoms with E-state index in [-0.39, 0.29) is 32.2 Å². The highest BCUT2D eigenvalue weighted by atomic mass is 35.5. The van der Waals surface area contributed by atoms with Crippen LogP contribution in [0.15, 0.2) is 78.9 Å². The van der Waals surface area contributed by atoms with Crippen LogP contribution >= 0.6 is 11.6 Å². The van der Waals surface area contributed by atoms with Crippen LogP contribution in [-0.2, 0) is 36.8 Å². The maximum Gasteiger partial charge on any atom is 0.289 e. The summed E-state index contributed by atoms with van der Waals surface area (Å²) in [6, 6.07) is 23.8. The Bertz CT molecular complexity index is 1680. The monoisotopic (exact) mass is 813 g/mol. The quantitative estimate of drug-likeness (QED) is 0.181. The van der Waals surface area contributed by atoms with Crippen molar-refractivity contribution in [3.05, 3.63) is 95.0 Å². The molecule has 3 amide bonds. The molecule has 0 saturated carbocycles. The highest BCUT2D eigenvalue weighted by Crippen LogP contribution is 2.30. The van der Waals surface area contributed by atoms with Gasteiger partial charge in [0.2, 0.25) is 17.6 Å². The molecule has 3 aromatic rings. The minimum Gasteiger partial charge on any atom is -0.486 e. The number of likely N-dealkylation sites (tertiary alicyclic amines) is 1. The minimum atomic E-state index is -1.34. The van der Waals surface area contributed by atoms with Gasteiger partial charge in [-0.2, -0.15) is 0 Å². The van der Waals surface area contributed by atoms with Gasteiger partial charge in [0, 0.05) is 17.8 Å². The second kappa shape index (κ2) is 25.7. The van der Waals surface area contributed by atoms with Gasteiger partial charge in [0.1, 0.15) is 18.8 Å². The van der Waals surface area contributed by atoms with Crippen molar-refractivity contribution in [2.75, 3.05) is 52.1 Å². The molecule has 2 saturated heterocycles. The van der Waals surface area contributed by atoms with Gasteiger partial charge in [-0.3, -0.25) is 19.2 Å². The first-order valence-corrected chi connectivity index (χ1v) is 20.9. The summed E-state index contributed by atoms with van der Waals surface area (Å²) in [7, 11) is -1.34. The number of amides is 3. The van der Waals surface area contributed by atoms with Gasteiger partial charge in [-0.15, -0.1) is 0 Å². The van der Waals surface area contributed by atoms with Gasteiger partial charge in [0.05, 0.1) is 37.2 Å². The van der Waals surface area contributed by atoms with E-state index in [4.69, 9.17) is 26.2 Å². The lowest BCUT2D eigenvalue weighted by Crippen LogP contribution is -2.50. The minimum absolute atomic E-state index is 0.0730. The largest absolute Gasteiger partial charge is 0.486 e. The van der Waals surface area contributed by atoms with Crippen LogP contribution in [0.4, 0.5) is 0 Å². The SMILES string of the molecule is CCC1CCNCC1.CS(=O)NCC(=O)N1CCCC1C(=O)NCC(=O)C(=O)NCC1COc2ccccc2O1.Cc1ccccc1.OCc1ccc(Cl)cc1. The van der Waals surface area contributed by atoms with E-state index in [1.807, 2.05) is 24.3 Å². The smallest absolute Gasteiger partial charge is 0.289 e. The first kappa shape index (κ1) is 46.0. The first-order valence-electron chi connectivity index (χ1n) is 18.9. The number of para-hydroxylation sites is 2. The number of carbonyl (C=O) groups excluding carboxylic acids is 4. The van der Waals surface area contributed by atoms with Crippen LogP contribution in [0.5, 0.6) is 11.5 Å². The molecule has 5 N–H and O–H groups in total. The fraction of sp³-hybridized carbons (Fsp3) is 0.463. The van der Waals surface area contributed by atoms with Crippen molar-refractivity contribution in [1.29, 1.82) is 0 Å². The number of nitrogens with one attached hydrogen (secondary N) is 4. The molecule has 3 atom stereocenters. The Morgan fingerprint density at radius 3 is 2.16 bits per heavy atom. The number of fused-ring (bicyclic) bond motifs is 1. The standard InChI is InChI=1S/C20H26N4O7S.C7H7ClO.C7H15N.C7H8/c1-32(29)23-11-18(26)24-8-4-5-14(24)19(27)22-10-15(25)20(28)21-9-13-12-30-16-6-2-3-7-17(16)31-13;8-7-3-1-6(5-9)2-4-7;1-2-7-3-5-8-6-4-7;1-7-5-3-2-4-6-7/h2-3,6-7,13-14,23H,4-5,8-12H2,1H3,(H,21,28)(H,22,27);1-4,9H,5H2;7-8H,2-6H2,1H3;2-6H,1H3. The molecule has 3 aliphatic rings. The number of ketones is 1. The number of Topliss-reactive ketones (excluding diaryl/α,β-unsaturated/α-hetero) is 1. The summed E-state index contributed by atoms with van der Waals surface area (Å²) in [6.07, 6.45) is 6.23. The zero-order valence-electron chi connectivity index (χ0n) is 32.5. The van der Waals surface area contributed by atoms with E-state index in [2.05, 4.69) is 46.7 Å². The van der Waals surface area contributed by atoms with Gasteiger partial charge in [-0.05, 0) is 81.4 Å². The number of carbonyl (C=O) groups is 4. The molecule has 306 valence electrons. The number of aliphatic hydroxyl groups is 1. The van der Waals surface area contributed by atoms with Crippen molar-refractivity contribution in [1.82, 2.24) is 25.6 Å². The Labute approximate surface area is 337 Å². The van der Waals surface area contributed by atoms with Crippen molar-refractivity contribution in [3.63, 3.8) is 0 Å². The first-order chi connectivity index (χ1) is 27.0. The summed E-state index contributed by atoms with van der Waals surface area (Å²) in [6.45, 7) is 7.02. The summed E-state index contributed by atoms with van der Waals surface area (Å²) >= 11 is 5.59. The van der Waals surface area contributed by atoms with E-state index in [1.165, 1.54) is 49.1 Å². The highest BCUT2D eigenvalue weighted by molar-refractivity contribution is 7.82. The average molecular weight is 814 g/mol. The third-order valence-corrected chi connectivity index (χ3v) is 9.91. The van der Waals surface area contributed by atoms with E-state index < -0.39 is 47.3 Å². The normalized spacial score (nSPS) is 17.6. The van der Waals surface area contributed by atoms with Crippen molar-refractivity contribution in [2.24, 2.45) is 5.92 Å². The number of aryl methyl sites for hydroxylation is 1. The maximum absolute atomic E-state index is 12.4. The van der Waals surface area contributed by atoms with Crippen LogP contribution < -0.4 is 30.1 Å². The summed E-state index contributed by atoms with van der Waals surface area (Å²) in [5.41, 5.74) is 2.21. The molecule has 15 heteroatoms. The predicted octanol–water partition coefficient (Wildman–Crippen LogP) is 3.73.